The van der Waals surface area contributed by atoms with Crippen molar-refractivity contribution in [2.75, 3.05) is 50.7 Å². The fraction of sp³-hybridized carbons (Fsp3) is 0.383. The summed E-state index contributed by atoms with van der Waals surface area (Å²) in [6.07, 6.45) is 4.89. The van der Waals surface area contributed by atoms with Crippen LogP contribution in [0.2, 0.25) is 5.02 Å². The average Bonchev–Trinajstić information content (AvgIpc) is 3.52. The van der Waals surface area contributed by atoms with Gasteiger partial charge in [-0.05, 0) is 98.1 Å². The van der Waals surface area contributed by atoms with E-state index < -0.39 is 29.7 Å². The van der Waals surface area contributed by atoms with E-state index in [-0.39, 0.29) is 29.4 Å². The van der Waals surface area contributed by atoms with Gasteiger partial charge in [-0.25, -0.2) is 9.97 Å². The van der Waals surface area contributed by atoms with E-state index in [0.29, 0.717) is 35.2 Å². The molecule has 4 aliphatic heterocycles. The molecule has 0 radical (unpaired) electrons. The van der Waals surface area contributed by atoms with Crippen LogP contribution in [0, 0.1) is 23.2 Å². The highest BCUT2D eigenvalue weighted by atomic mass is 35.5. The Morgan fingerprint density at radius 2 is 1.61 bits per heavy atom. The monoisotopic (exact) mass is 838 g/mol. The molecule has 3 saturated heterocycles. The number of likely N-dealkylation sites (tertiary alicyclic amines) is 1. The van der Waals surface area contributed by atoms with Gasteiger partial charge in [0.25, 0.3) is 11.8 Å². The first-order chi connectivity index (χ1) is 29.5. The standard InChI is InChI=1S/C47H47ClN8O5/c1-47(2,34-25-32(29-49)26-35(48)28-34)33-7-9-38(10-8-33)61-30-36-14-17-50-46(51-36)55-23-21-54(22-24-55)37-15-19-53(20-16-37)18-4-3-5-31-6-11-39-40(27-31)45(60)56(44(39)59)41-12-13-42(57)52-43(41)58/h6-11,14,17,25-28,37,41H,4,12-13,15-16,18-24,30H2,1-2H3,(H,52,57,58). The normalized spacial score (nSPS) is 19.0. The Hall–Kier alpha value is -6.12. The Morgan fingerprint density at radius 1 is 0.852 bits per heavy atom. The van der Waals surface area contributed by atoms with Gasteiger partial charge in [0.2, 0.25) is 17.8 Å². The van der Waals surface area contributed by atoms with E-state index in [1.807, 2.05) is 42.5 Å². The zero-order chi connectivity index (χ0) is 42.7. The quantitative estimate of drug-likeness (QED) is 0.163. The topological polar surface area (TPSA) is 152 Å². The van der Waals surface area contributed by atoms with E-state index >= 15 is 0 Å². The van der Waals surface area contributed by atoms with Crippen LogP contribution in [0.5, 0.6) is 5.75 Å². The van der Waals surface area contributed by atoms with Crippen molar-refractivity contribution < 1.29 is 23.9 Å². The number of nitrogens with zero attached hydrogens (tertiary/aromatic N) is 7. The van der Waals surface area contributed by atoms with Crippen molar-refractivity contribution in [2.45, 2.75) is 70.1 Å². The first-order valence-corrected chi connectivity index (χ1v) is 21.2. The van der Waals surface area contributed by atoms with Crippen LogP contribution in [0.15, 0.2) is 72.9 Å². The summed E-state index contributed by atoms with van der Waals surface area (Å²) in [6, 6.07) is 22.1. The molecular weight excluding hydrogens is 792 g/mol. The van der Waals surface area contributed by atoms with E-state index in [2.05, 4.69) is 56.8 Å². The molecule has 8 rings (SSSR count). The second-order valence-corrected chi connectivity index (χ2v) is 16.9. The molecular formula is C47H47ClN8O5. The first kappa shape index (κ1) is 41.6. The number of carbonyl (C=O) groups is 4. The smallest absolute Gasteiger partial charge is 0.262 e. The Labute approximate surface area is 360 Å². The molecule has 1 unspecified atom stereocenters. The van der Waals surface area contributed by atoms with Crippen molar-refractivity contribution in [3.63, 3.8) is 0 Å². The van der Waals surface area contributed by atoms with Gasteiger partial charge in [-0.1, -0.05) is 49.4 Å². The number of hydrogen-bond acceptors (Lipinski definition) is 11. The van der Waals surface area contributed by atoms with Gasteiger partial charge in [-0.15, -0.1) is 0 Å². The number of rotatable bonds is 10. The second-order valence-electron chi connectivity index (χ2n) is 16.5. The van der Waals surface area contributed by atoms with E-state index in [9.17, 15) is 24.4 Å². The minimum atomic E-state index is -0.987. The van der Waals surface area contributed by atoms with Gasteiger partial charge in [-0.2, -0.15) is 5.26 Å². The summed E-state index contributed by atoms with van der Waals surface area (Å²) in [5.74, 6) is 5.78. The number of fused-ring (bicyclic) bond motifs is 1. The Bertz CT molecular complexity index is 2460. The average molecular weight is 839 g/mol. The maximum Gasteiger partial charge on any atom is 0.262 e. The Morgan fingerprint density at radius 3 is 2.34 bits per heavy atom. The highest BCUT2D eigenvalue weighted by molar-refractivity contribution is 6.30. The lowest BCUT2D eigenvalue weighted by atomic mass is 9.78. The summed E-state index contributed by atoms with van der Waals surface area (Å²) in [4.78, 5) is 67.8. The number of piperidine rings is 2. The minimum Gasteiger partial charge on any atom is -0.487 e. The Balaban J connectivity index is 0.762. The maximum absolute atomic E-state index is 13.2. The predicted molar refractivity (Wildman–Crippen MR) is 229 cm³/mol. The SMILES string of the molecule is CC(C)(c1ccc(OCc2ccnc(N3CCN(C4CCN(CCC#Cc5ccc6c(c5)C(=O)N(C5CCC(=O)NC5=O)C6=O)CC4)CC3)n2)cc1)c1cc(Cl)cc(C#N)c1. The number of carbonyl (C=O) groups excluding carboxylic acids is 4. The molecule has 4 aromatic rings. The molecule has 14 heteroatoms. The van der Waals surface area contributed by atoms with Gasteiger partial charge in [0.05, 0.1) is 28.5 Å². The third kappa shape index (κ3) is 9.15. The lowest BCUT2D eigenvalue weighted by Crippen LogP contribution is -2.54. The van der Waals surface area contributed by atoms with Gasteiger partial charge in [-0.3, -0.25) is 34.3 Å². The molecule has 1 aromatic heterocycles. The number of benzene rings is 3. The molecule has 1 atom stereocenters. The molecule has 5 heterocycles. The molecule has 13 nitrogen and oxygen atoms in total. The number of anilines is 1. The zero-order valence-corrected chi connectivity index (χ0v) is 35.1. The van der Waals surface area contributed by atoms with Crippen LogP contribution < -0.4 is 15.0 Å². The number of ether oxygens (including phenoxy) is 1. The van der Waals surface area contributed by atoms with Crippen molar-refractivity contribution in [2.24, 2.45) is 0 Å². The molecule has 0 bridgehead atoms. The molecule has 0 spiro atoms. The fourth-order valence-corrected chi connectivity index (χ4v) is 8.88. The molecule has 4 amide bonds. The highest BCUT2D eigenvalue weighted by Gasteiger charge is 2.44. The van der Waals surface area contributed by atoms with Gasteiger partial charge >= 0.3 is 0 Å². The molecule has 3 fully saturated rings. The lowest BCUT2D eigenvalue weighted by Gasteiger charge is -2.42. The zero-order valence-electron chi connectivity index (χ0n) is 34.3. The second kappa shape index (κ2) is 17.8. The van der Waals surface area contributed by atoms with Crippen LogP contribution in [0.1, 0.15) is 94.6 Å². The molecule has 1 N–H and O–H groups in total. The van der Waals surface area contributed by atoms with Gasteiger partial charge in [0.1, 0.15) is 18.4 Å². The molecule has 0 saturated carbocycles. The molecule has 4 aliphatic rings. The lowest BCUT2D eigenvalue weighted by molar-refractivity contribution is -0.136. The number of imide groups is 2. The Kier molecular flexibility index (Phi) is 12.2. The van der Waals surface area contributed by atoms with Gasteiger partial charge in [0, 0.05) is 73.8 Å². The summed E-state index contributed by atoms with van der Waals surface area (Å²) in [6.45, 7) is 11.1. The largest absolute Gasteiger partial charge is 0.487 e. The minimum absolute atomic E-state index is 0.0819. The van der Waals surface area contributed by atoms with Crippen LogP contribution in [0.3, 0.4) is 0 Å². The van der Waals surface area contributed by atoms with Crippen LogP contribution in [0.25, 0.3) is 0 Å². The van der Waals surface area contributed by atoms with Gasteiger partial charge in [0.15, 0.2) is 0 Å². The summed E-state index contributed by atoms with van der Waals surface area (Å²) < 4.78 is 6.13. The number of nitriles is 1. The van der Waals surface area contributed by atoms with Crippen LogP contribution in [-0.2, 0) is 21.6 Å². The van der Waals surface area contributed by atoms with E-state index in [1.54, 1.807) is 30.5 Å². The third-order valence-electron chi connectivity index (χ3n) is 12.3. The highest BCUT2D eigenvalue weighted by Crippen LogP contribution is 2.35. The van der Waals surface area contributed by atoms with E-state index in [0.717, 1.165) is 92.1 Å². The van der Waals surface area contributed by atoms with E-state index in [1.165, 1.54) is 0 Å². The number of aromatic nitrogens is 2. The van der Waals surface area contributed by atoms with Crippen LogP contribution in [-0.4, -0.2) is 106 Å². The number of nitrogens with one attached hydrogen (secondary N) is 1. The first-order valence-electron chi connectivity index (χ1n) is 20.8. The molecule has 312 valence electrons. The summed E-state index contributed by atoms with van der Waals surface area (Å²) in [7, 11) is 0. The molecule has 0 aliphatic carbocycles. The van der Waals surface area contributed by atoms with Crippen molar-refractivity contribution in [1.29, 1.82) is 5.26 Å². The number of amides is 4. The fourth-order valence-electron chi connectivity index (χ4n) is 8.65. The number of hydrogen-bond donors (Lipinski definition) is 1. The maximum atomic E-state index is 13.2. The van der Waals surface area contributed by atoms with E-state index in [4.69, 9.17) is 21.3 Å². The predicted octanol–water partition coefficient (Wildman–Crippen LogP) is 5.34. The number of halogens is 1. The van der Waals surface area contributed by atoms with Crippen LogP contribution in [0.4, 0.5) is 5.95 Å². The van der Waals surface area contributed by atoms with Crippen molar-refractivity contribution in [3.8, 4) is 23.7 Å². The number of piperazine rings is 1. The van der Waals surface area contributed by atoms with Gasteiger partial charge < -0.3 is 14.5 Å². The molecule has 61 heavy (non-hydrogen) atoms. The summed E-state index contributed by atoms with van der Waals surface area (Å²) in [5, 5.41) is 12.2. The van der Waals surface area contributed by atoms with Crippen molar-refractivity contribution >= 4 is 41.2 Å². The van der Waals surface area contributed by atoms with Crippen molar-refractivity contribution in [1.82, 2.24) is 30.0 Å². The third-order valence-corrected chi connectivity index (χ3v) is 12.5. The molecule has 3 aromatic carbocycles. The van der Waals surface area contributed by atoms with Crippen LogP contribution >= 0.6 is 11.6 Å². The summed E-state index contributed by atoms with van der Waals surface area (Å²) >= 11 is 6.30. The van der Waals surface area contributed by atoms with Crippen molar-refractivity contribution in [3.05, 3.63) is 117 Å². The summed E-state index contributed by atoms with van der Waals surface area (Å²) in [5.41, 5.74) is 4.19.